The highest BCUT2D eigenvalue weighted by atomic mass is 79.9. The van der Waals surface area contributed by atoms with Crippen LogP contribution in [0.25, 0.3) is 11.0 Å². The standard InChI is InChI=1S/C8H4BrClF2N2O/c9-3-1-4-6(14-7(10)13-4)5(2-3)15-8(11)12/h1-2,8H,(H,13,14). The molecule has 0 unspecified atom stereocenters. The lowest BCUT2D eigenvalue weighted by Gasteiger charge is -2.05. The maximum atomic E-state index is 12.1. The molecule has 1 N–H and O–H groups in total. The third-order valence-corrected chi connectivity index (χ3v) is 2.34. The lowest BCUT2D eigenvalue weighted by Crippen LogP contribution is -2.02. The Bertz CT molecular complexity index is 503. The minimum atomic E-state index is -2.89. The van der Waals surface area contributed by atoms with Crippen LogP contribution in [0.1, 0.15) is 0 Å². The number of halogens is 4. The summed E-state index contributed by atoms with van der Waals surface area (Å²) in [7, 11) is 0. The van der Waals surface area contributed by atoms with Gasteiger partial charge in [0.15, 0.2) is 5.75 Å². The summed E-state index contributed by atoms with van der Waals surface area (Å²) in [5, 5.41) is 0.127. The minimum Gasteiger partial charge on any atom is -0.432 e. The van der Waals surface area contributed by atoms with Crippen molar-refractivity contribution in [1.29, 1.82) is 0 Å². The number of aromatic nitrogens is 2. The molecule has 0 bridgehead atoms. The summed E-state index contributed by atoms with van der Waals surface area (Å²) in [5.41, 5.74) is 0.813. The highest BCUT2D eigenvalue weighted by Gasteiger charge is 2.12. The van der Waals surface area contributed by atoms with E-state index in [1.54, 1.807) is 6.07 Å². The Labute approximate surface area is 96.5 Å². The number of nitrogens with one attached hydrogen (secondary N) is 1. The predicted molar refractivity (Wildman–Crippen MR) is 55.4 cm³/mol. The number of hydrogen-bond donors (Lipinski definition) is 1. The van der Waals surface area contributed by atoms with Crippen LogP contribution in [-0.2, 0) is 0 Å². The number of alkyl halides is 2. The van der Waals surface area contributed by atoms with Gasteiger partial charge in [0.25, 0.3) is 0 Å². The fourth-order valence-electron chi connectivity index (χ4n) is 1.21. The Morgan fingerprint density at radius 3 is 2.87 bits per heavy atom. The van der Waals surface area contributed by atoms with E-state index in [0.29, 0.717) is 9.99 Å². The van der Waals surface area contributed by atoms with E-state index in [4.69, 9.17) is 11.6 Å². The van der Waals surface area contributed by atoms with E-state index in [9.17, 15) is 8.78 Å². The lowest BCUT2D eigenvalue weighted by atomic mass is 10.3. The molecule has 1 aromatic carbocycles. The SMILES string of the molecule is FC(F)Oc1cc(Br)cc2[nH]c(Cl)nc12. The molecule has 0 aliphatic rings. The van der Waals surface area contributed by atoms with Gasteiger partial charge in [-0.05, 0) is 23.7 Å². The molecule has 0 spiro atoms. The van der Waals surface area contributed by atoms with Gasteiger partial charge in [-0.2, -0.15) is 8.78 Å². The van der Waals surface area contributed by atoms with Gasteiger partial charge >= 0.3 is 6.61 Å². The van der Waals surface area contributed by atoms with Crippen LogP contribution >= 0.6 is 27.5 Å². The summed E-state index contributed by atoms with van der Waals surface area (Å²) in [5.74, 6) is -0.0162. The molecule has 1 aromatic heterocycles. The fraction of sp³-hybridized carbons (Fsp3) is 0.125. The highest BCUT2D eigenvalue weighted by molar-refractivity contribution is 9.10. The van der Waals surface area contributed by atoms with E-state index < -0.39 is 6.61 Å². The second kappa shape index (κ2) is 3.94. The monoisotopic (exact) mass is 296 g/mol. The molecule has 0 saturated carbocycles. The Kier molecular flexibility index (Phi) is 2.79. The summed E-state index contributed by atoms with van der Waals surface area (Å²) >= 11 is 8.79. The van der Waals surface area contributed by atoms with Crippen molar-refractivity contribution in [3.05, 3.63) is 21.9 Å². The first-order valence-electron chi connectivity index (χ1n) is 3.86. The topological polar surface area (TPSA) is 37.9 Å². The van der Waals surface area contributed by atoms with Crippen molar-refractivity contribution < 1.29 is 13.5 Å². The Balaban J connectivity index is 2.59. The number of hydrogen-bond acceptors (Lipinski definition) is 2. The first kappa shape index (κ1) is 10.6. The number of nitrogens with zero attached hydrogens (tertiary/aromatic N) is 1. The van der Waals surface area contributed by atoms with Crippen molar-refractivity contribution in [2.45, 2.75) is 6.61 Å². The summed E-state index contributed by atoms with van der Waals surface area (Å²) in [6, 6.07) is 3.08. The normalized spacial score (nSPS) is 11.3. The van der Waals surface area contributed by atoms with Crippen molar-refractivity contribution in [3.8, 4) is 5.75 Å². The number of imidazole rings is 1. The number of rotatable bonds is 2. The van der Waals surface area contributed by atoms with Crippen molar-refractivity contribution in [2.24, 2.45) is 0 Å². The predicted octanol–water partition coefficient (Wildman–Crippen LogP) is 3.58. The summed E-state index contributed by atoms with van der Waals surface area (Å²) < 4.78 is 29.1. The van der Waals surface area contributed by atoms with Gasteiger partial charge in [-0.1, -0.05) is 15.9 Å². The summed E-state index contributed by atoms with van der Waals surface area (Å²) in [6.07, 6.45) is 0. The molecular weight excluding hydrogens is 293 g/mol. The highest BCUT2D eigenvalue weighted by Crippen LogP contribution is 2.30. The molecule has 80 valence electrons. The van der Waals surface area contributed by atoms with Gasteiger partial charge in [0.1, 0.15) is 5.52 Å². The van der Waals surface area contributed by atoms with Gasteiger partial charge < -0.3 is 9.72 Å². The van der Waals surface area contributed by atoms with Crippen molar-refractivity contribution >= 4 is 38.6 Å². The third kappa shape index (κ3) is 2.21. The molecule has 0 amide bonds. The maximum Gasteiger partial charge on any atom is 0.387 e. The van der Waals surface area contributed by atoms with Crippen LogP contribution in [0.2, 0.25) is 5.28 Å². The van der Waals surface area contributed by atoms with Gasteiger partial charge in [-0.3, -0.25) is 0 Å². The summed E-state index contributed by atoms with van der Waals surface area (Å²) in [4.78, 5) is 6.55. The Morgan fingerprint density at radius 2 is 2.20 bits per heavy atom. The number of fused-ring (bicyclic) bond motifs is 1. The van der Waals surface area contributed by atoms with Crippen LogP contribution < -0.4 is 4.74 Å². The average molecular weight is 297 g/mol. The second-order valence-corrected chi connectivity index (χ2v) is 3.98. The Morgan fingerprint density at radius 1 is 1.47 bits per heavy atom. The van der Waals surface area contributed by atoms with Gasteiger partial charge in [-0.15, -0.1) is 0 Å². The molecule has 0 atom stereocenters. The fourth-order valence-corrected chi connectivity index (χ4v) is 1.83. The molecule has 3 nitrogen and oxygen atoms in total. The van der Waals surface area contributed by atoms with Gasteiger partial charge in [0, 0.05) is 4.47 Å². The van der Waals surface area contributed by atoms with E-state index in [0.717, 1.165) is 0 Å². The van der Waals surface area contributed by atoms with Crippen LogP contribution in [-0.4, -0.2) is 16.6 Å². The Hall–Kier alpha value is -0.880. The zero-order chi connectivity index (χ0) is 11.0. The van der Waals surface area contributed by atoms with Crippen LogP contribution in [0.15, 0.2) is 16.6 Å². The van der Waals surface area contributed by atoms with Crippen LogP contribution in [0, 0.1) is 0 Å². The first-order valence-corrected chi connectivity index (χ1v) is 5.03. The molecule has 2 aromatic rings. The maximum absolute atomic E-state index is 12.1. The van der Waals surface area contributed by atoms with E-state index in [1.165, 1.54) is 6.07 Å². The second-order valence-electron chi connectivity index (χ2n) is 2.71. The molecule has 0 fully saturated rings. The van der Waals surface area contributed by atoms with Crippen molar-refractivity contribution in [2.75, 3.05) is 0 Å². The van der Waals surface area contributed by atoms with E-state index in [1.807, 2.05) is 0 Å². The molecule has 0 radical (unpaired) electrons. The molecule has 1 heterocycles. The quantitative estimate of drug-likeness (QED) is 0.920. The van der Waals surface area contributed by atoms with Crippen LogP contribution in [0.4, 0.5) is 8.78 Å². The molecule has 0 aliphatic carbocycles. The molecule has 7 heteroatoms. The van der Waals surface area contributed by atoms with E-state index in [2.05, 4.69) is 30.6 Å². The largest absolute Gasteiger partial charge is 0.432 e. The summed E-state index contributed by atoms with van der Waals surface area (Å²) in [6.45, 7) is -2.89. The van der Waals surface area contributed by atoms with Crippen LogP contribution in [0.5, 0.6) is 5.75 Å². The van der Waals surface area contributed by atoms with Gasteiger partial charge in [0.2, 0.25) is 5.28 Å². The van der Waals surface area contributed by atoms with E-state index >= 15 is 0 Å². The number of H-pyrrole nitrogens is 1. The zero-order valence-corrected chi connectivity index (χ0v) is 9.44. The van der Waals surface area contributed by atoms with Gasteiger partial charge in [0.05, 0.1) is 5.52 Å². The molecule has 15 heavy (non-hydrogen) atoms. The average Bonchev–Trinajstić information content (AvgIpc) is 2.44. The molecule has 2 rings (SSSR count). The first-order chi connectivity index (χ1) is 7.06. The minimum absolute atomic E-state index is 0.0162. The molecular formula is C8H4BrClF2N2O. The van der Waals surface area contributed by atoms with Gasteiger partial charge in [-0.25, -0.2) is 4.98 Å². The number of benzene rings is 1. The number of aromatic amines is 1. The third-order valence-electron chi connectivity index (χ3n) is 1.70. The van der Waals surface area contributed by atoms with Crippen molar-refractivity contribution in [1.82, 2.24) is 9.97 Å². The molecule has 0 aliphatic heterocycles. The molecule has 0 saturated heterocycles. The smallest absolute Gasteiger partial charge is 0.387 e. The number of ether oxygens (including phenoxy) is 1. The van der Waals surface area contributed by atoms with Crippen molar-refractivity contribution in [3.63, 3.8) is 0 Å². The lowest BCUT2D eigenvalue weighted by molar-refractivity contribution is -0.0489. The van der Waals surface area contributed by atoms with Crippen LogP contribution in [0.3, 0.4) is 0 Å². The van der Waals surface area contributed by atoms with E-state index in [-0.39, 0.29) is 16.5 Å². The zero-order valence-electron chi connectivity index (χ0n) is 7.10.